The first kappa shape index (κ1) is 21.2. The topological polar surface area (TPSA) is 95.6 Å². The molecule has 4 rings (SSSR count). The van der Waals surface area contributed by atoms with Gasteiger partial charge in [-0.25, -0.2) is 13.1 Å². The monoisotopic (exact) mass is 455 g/mol. The third-order valence-corrected chi connectivity index (χ3v) is 7.21. The van der Waals surface area contributed by atoms with E-state index in [0.717, 1.165) is 17.0 Å². The molecule has 0 atom stereocenters. The molecule has 0 radical (unpaired) electrons. The minimum absolute atomic E-state index is 0.0274. The van der Waals surface area contributed by atoms with Crippen LogP contribution >= 0.6 is 11.3 Å². The predicted octanol–water partition coefficient (Wildman–Crippen LogP) is 3.61. The number of rotatable bonds is 7. The fraction of sp³-hybridized carbons (Fsp3) is 0.182. The Kier molecular flexibility index (Phi) is 6.17. The third kappa shape index (κ3) is 5.01. The molecule has 160 valence electrons. The molecule has 1 saturated heterocycles. The highest BCUT2D eigenvalue weighted by molar-refractivity contribution is 7.89. The molecule has 1 aliphatic heterocycles. The van der Waals surface area contributed by atoms with E-state index in [-0.39, 0.29) is 22.9 Å². The number of hydrogen-bond acceptors (Lipinski definition) is 5. The van der Waals surface area contributed by atoms with Gasteiger partial charge in [0.25, 0.3) is 5.91 Å². The summed E-state index contributed by atoms with van der Waals surface area (Å²) in [6, 6.07) is 16.6. The van der Waals surface area contributed by atoms with E-state index < -0.39 is 15.9 Å². The molecule has 3 aromatic rings. The lowest BCUT2D eigenvalue weighted by Gasteiger charge is -2.16. The van der Waals surface area contributed by atoms with Crippen LogP contribution in [-0.4, -0.2) is 26.8 Å². The summed E-state index contributed by atoms with van der Waals surface area (Å²) in [6.07, 6.45) is 1.40. The first-order chi connectivity index (χ1) is 14.9. The van der Waals surface area contributed by atoms with E-state index in [4.69, 9.17) is 0 Å². The molecular weight excluding hydrogens is 434 g/mol. The van der Waals surface area contributed by atoms with Crippen molar-refractivity contribution in [1.29, 1.82) is 0 Å². The maximum atomic E-state index is 12.6. The van der Waals surface area contributed by atoms with Crippen LogP contribution in [0, 0.1) is 0 Å². The lowest BCUT2D eigenvalue weighted by Crippen LogP contribution is -2.23. The molecule has 0 spiro atoms. The average molecular weight is 456 g/mol. The van der Waals surface area contributed by atoms with Gasteiger partial charge in [0.2, 0.25) is 15.9 Å². The summed E-state index contributed by atoms with van der Waals surface area (Å²) < 4.78 is 27.7. The smallest absolute Gasteiger partial charge is 0.255 e. The van der Waals surface area contributed by atoms with Crippen molar-refractivity contribution in [3.63, 3.8) is 0 Å². The number of anilines is 2. The van der Waals surface area contributed by atoms with Crippen molar-refractivity contribution in [2.75, 3.05) is 16.8 Å². The first-order valence-corrected chi connectivity index (χ1v) is 12.1. The Hall–Kier alpha value is -3.01. The zero-order valence-electron chi connectivity index (χ0n) is 16.6. The average Bonchev–Trinajstić information content (AvgIpc) is 3.45. The van der Waals surface area contributed by atoms with Crippen molar-refractivity contribution in [2.24, 2.45) is 0 Å². The molecule has 0 bridgehead atoms. The van der Waals surface area contributed by atoms with Gasteiger partial charge >= 0.3 is 0 Å². The van der Waals surface area contributed by atoms with Crippen molar-refractivity contribution in [3.05, 3.63) is 76.5 Å². The molecule has 2 N–H and O–H groups in total. The Morgan fingerprint density at radius 2 is 1.87 bits per heavy atom. The molecule has 9 heteroatoms. The van der Waals surface area contributed by atoms with Crippen molar-refractivity contribution in [3.8, 4) is 0 Å². The van der Waals surface area contributed by atoms with E-state index in [1.807, 2.05) is 17.5 Å². The number of carbonyl (C=O) groups is 2. The highest BCUT2D eigenvalue weighted by Gasteiger charge is 2.21. The second kappa shape index (κ2) is 9.01. The summed E-state index contributed by atoms with van der Waals surface area (Å²) in [6.45, 7) is 0.897. The Bertz CT molecular complexity index is 1190. The van der Waals surface area contributed by atoms with Crippen LogP contribution < -0.4 is 14.9 Å². The quantitative estimate of drug-likeness (QED) is 0.569. The van der Waals surface area contributed by atoms with E-state index in [2.05, 4.69) is 10.0 Å². The van der Waals surface area contributed by atoms with Gasteiger partial charge in [-0.15, -0.1) is 11.3 Å². The summed E-state index contributed by atoms with van der Waals surface area (Å²) in [5, 5.41) is 4.64. The van der Waals surface area contributed by atoms with Gasteiger partial charge in [-0.1, -0.05) is 12.1 Å². The van der Waals surface area contributed by atoms with Crippen molar-refractivity contribution in [2.45, 2.75) is 24.3 Å². The van der Waals surface area contributed by atoms with E-state index in [1.54, 1.807) is 35.2 Å². The second-order valence-corrected chi connectivity index (χ2v) is 9.88. The van der Waals surface area contributed by atoms with E-state index in [1.165, 1.54) is 29.5 Å². The van der Waals surface area contributed by atoms with Gasteiger partial charge in [0, 0.05) is 41.3 Å². The second-order valence-electron chi connectivity index (χ2n) is 7.08. The largest absolute Gasteiger partial charge is 0.322 e. The summed E-state index contributed by atoms with van der Waals surface area (Å²) in [7, 11) is -3.75. The predicted molar refractivity (Wildman–Crippen MR) is 121 cm³/mol. The Labute approximate surface area is 184 Å². The molecule has 1 fully saturated rings. The Morgan fingerprint density at radius 3 is 2.55 bits per heavy atom. The van der Waals surface area contributed by atoms with Gasteiger partial charge in [-0.3, -0.25) is 9.59 Å². The van der Waals surface area contributed by atoms with Crippen LogP contribution in [-0.2, 0) is 21.4 Å². The maximum Gasteiger partial charge on any atom is 0.255 e. The number of sulfonamides is 1. The molecule has 1 aliphatic rings. The van der Waals surface area contributed by atoms with Gasteiger partial charge in [-0.05, 0) is 60.3 Å². The van der Waals surface area contributed by atoms with E-state index in [9.17, 15) is 18.0 Å². The fourth-order valence-corrected chi connectivity index (χ4v) is 5.10. The maximum absolute atomic E-state index is 12.6. The van der Waals surface area contributed by atoms with E-state index >= 15 is 0 Å². The number of hydrogen-bond donors (Lipinski definition) is 2. The minimum atomic E-state index is -3.75. The van der Waals surface area contributed by atoms with Crippen LogP contribution in [0.1, 0.15) is 28.1 Å². The van der Waals surface area contributed by atoms with Gasteiger partial charge in [-0.2, -0.15) is 0 Å². The summed E-state index contributed by atoms with van der Waals surface area (Å²) in [5.74, 6) is -0.317. The molecule has 7 nitrogen and oxygen atoms in total. The van der Waals surface area contributed by atoms with Crippen molar-refractivity contribution >= 4 is 44.5 Å². The molecule has 0 saturated carbocycles. The number of nitrogens with one attached hydrogen (secondary N) is 2. The Morgan fingerprint density at radius 1 is 1.06 bits per heavy atom. The number of carbonyl (C=O) groups excluding carboxylic acids is 2. The first-order valence-electron chi connectivity index (χ1n) is 9.76. The van der Waals surface area contributed by atoms with Gasteiger partial charge in [0.15, 0.2) is 0 Å². The Balaban J connectivity index is 1.43. The highest BCUT2D eigenvalue weighted by Crippen LogP contribution is 2.23. The highest BCUT2D eigenvalue weighted by atomic mass is 32.2. The van der Waals surface area contributed by atoms with Crippen LogP contribution in [0.3, 0.4) is 0 Å². The number of nitrogens with zero attached hydrogens (tertiary/aromatic N) is 1. The SMILES string of the molecule is O=C(Nc1ccc(N2CCCC2=O)cc1)c1cccc(S(=O)(=O)NCc2cccs2)c1. The minimum Gasteiger partial charge on any atom is -0.322 e. The fourth-order valence-electron chi connectivity index (χ4n) is 3.32. The van der Waals surface area contributed by atoms with Crippen molar-refractivity contribution < 1.29 is 18.0 Å². The third-order valence-electron chi connectivity index (χ3n) is 4.93. The molecule has 0 unspecified atom stereocenters. The van der Waals surface area contributed by atoms with Crippen LogP contribution in [0.15, 0.2) is 70.9 Å². The zero-order valence-corrected chi connectivity index (χ0v) is 18.2. The summed E-state index contributed by atoms with van der Waals surface area (Å²) in [4.78, 5) is 27.1. The zero-order chi connectivity index (χ0) is 21.8. The van der Waals surface area contributed by atoms with E-state index in [0.29, 0.717) is 18.7 Å². The number of benzene rings is 2. The molecule has 2 heterocycles. The molecule has 2 amide bonds. The molecule has 0 aliphatic carbocycles. The molecule has 1 aromatic heterocycles. The molecular formula is C22H21N3O4S2. The number of thiophene rings is 1. The van der Waals surface area contributed by atoms with Gasteiger partial charge in [0.05, 0.1) is 4.90 Å². The number of amides is 2. The van der Waals surface area contributed by atoms with Crippen LogP contribution in [0.25, 0.3) is 0 Å². The lowest BCUT2D eigenvalue weighted by atomic mass is 10.2. The van der Waals surface area contributed by atoms with Crippen LogP contribution in [0.2, 0.25) is 0 Å². The summed E-state index contributed by atoms with van der Waals surface area (Å²) in [5.41, 5.74) is 1.59. The normalized spacial score (nSPS) is 14.1. The molecule has 2 aromatic carbocycles. The lowest BCUT2D eigenvalue weighted by molar-refractivity contribution is -0.117. The van der Waals surface area contributed by atoms with Gasteiger partial charge in [0.1, 0.15) is 0 Å². The molecule has 31 heavy (non-hydrogen) atoms. The van der Waals surface area contributed by atoms with Crippen LogP contribution in [0.5, 0.6) is 0 Å². The van der Waals surface area contributed by atoms with Crippen molar-refractivity contribution in [1.82, 2.24) is 4.72 Å². The van der Waals surface area contributed by atoms with Gasteiger partial charge < -0.3 is 10.2 Å². The van der Waals surface area contributed by atoms with Crippen LogP contribution in [0.4, 0.5) is 11.4 Å². The standard InChI is InChI=1S/C22H21N3O4S2/c26-21-7-2-12-25(21)18-10-8-17(9-11-18)24-22(27)16-4-1-6-20(14-16)31(28,29)23-15-19-5-3-13-30-19/h1,3-6,8-11,13-14,23H,2,7,12,15H2,(H,24,27). The summed E-state index contributed by atoms with van der Waals surface area (Å²) >= 11 is 1.46.